The number of piperidine rings is 1. The van der Waals surface area contributed by atoms with Crippen molar-refractivity contribution in [3.8, 4) is 5.69 Å². The van der Waals surface area contributed by atoms with E-state index in [0.717, 1.165) is 12.8 Å². The van der Waals surface area contributed by atoms with Crippen LogP contribution in [0.3, 0.4) is 0 Å². The van der Waals surface area contributed by atoms with Crippen LogP contribution >= 0.6 is 0 Å². The predicted octanol–water partition coefficient (Wildman–Crippen LogP) is 0.162. The Morgan fingerprint density at radius 2 is 1.86 bits per heavy atom. The van der Waals surface area contributed by atoms with E-state index in [1.54, 1.807) is 29.2 Å². The zero-order valence-corrected chi connectivity index (χ0v) is 19.8. The van der Waals surface area contributed by atoms with Gasteiger partial charge in [-0.05, 0) is 43.9 Å². The Kier molecular flexibility index (Phi) is 5.41. The lowest BCUT2D eigenvalue weighted by Gasteiger charge is -2.38. The Morgan fingerprint density at radius 3 is 2.56 bits per heavy atom. The van der Waals surface area contributed by atoms with E-state index >= 15 is 0 Å². The molecule has 0 atom stereocenters. The second-order valence-corrected chi connectivity index (χ2v) is 10.2. The molecule has 0 radical (unpaired) electrons. The highest BCUT2D eigenvalue weighted by molar-refractivity contribution is 5.95. The zero-order chi connectivity index (χ0) is 25.0. The third-order valence-electron chi connectivity index (χ3n) is 7.44. The smallest absolute Gasteiger partial charge is 0.264 e. The Hall–Kier alpha value is -3.57. The first-order valence-corrected chi connectivity index (χ1v) is 12.3. The first kappa shape index (κ1) is 22.9. The lowest BCUT2D eigenvalue weighted by Crippen LogP contribution is -2.53. The number of nitrogens with zero attached hydrogens (tertiary/aromatic N) is 6. The third-order valence-corrected chi connectivity index (χ3v) is 7.44. The summed E-state index contributed by atoms with van der Waals surface area (Å²) in [6.45, 7) is 1.70. The van der Waals surface area contributed by atoms with Crippen LogP contribution in [0, 0.1) is 5.92 Å². The van der Waals surface area contributed by atoms with Crippen LogP contribution in [0.5, 0.6) is 0 Å². The van der Waals surface area contributed by atoms with Gasteiger partial charge in [0.05, 0.1) is 30.1 Å². The maximum absolute atomic E-state index is 13.2. The van der Waals surface area contributed by atoms with Gasteiger partial charge in [0.15, 0.2) is 5.65 Å². The predicted molar refractivity (Wildman–Crippen MR) is 129 cm³/mol. The number of rotatable bonds is 5. The van der Waals surface area contributed by atoms with E-state index in [4.69, 9.17) is 0 Å². The molecule has 6 rings (SSSR count). The highest BCUT2D eigenvalue weighted by atomic mass is 16.3. The summed E-state index contributed by atoms with van der Waals surface area (Å²) in [6.07, 6.45) is 5.11. The molecule has 2 amide bonds. The molecule has 1 aliphatic carbocycles. The molecular formula is C25H28N6O5. The second kappa shape index (κ2) is 8.52. The SMILES string of the molecule is O=C(c1cccc(-n2ncc3c(=O)n(CC4(O)CCN(C(=O)C5CC5)CC4)cnc32)c1)N1CC(O)C1. The van der Waals surface area contributed by atoms with Gasteiger partial charge in [-0.25, -0.2) is 9.67 Å². The number of likely N-dealkylation sites (tertiary alicyclic amines) is 2. The van der Waals surface area contributed by atoms with Crippen molar-refractivity contribution in [3.63, 3.8) is 0 Å². The first-order valence-electron chi connectivity index (χ1n) is 12.3. The van der Waals surface area contributed by atoms with Crippen molar-refractivity contribution in [1.29, 1.82) is 0 Å². The highest BCUT2D eigenvalue weighted by Crippen LogP contribution is 2.33. The summed E-state index contributed by atoms with van der Waals surface area (Å²) in [6, 6.07) is 6.91. The van der Waals surface area contributed by atoms with Gasteiger partial charge in [-0.1, -0.05) is 6.07 Å². The Bertz CT molecular complexity index is 1400. The van der Waals surface area contributed by atoms with E-state index in [0.29, 0.717) is 61.3 Å². The van der Waals surface area contributed by atoms with Crippen LogP contribution in [0.15, 0.2) is 41.6 Å². The second-order valence-electron chi connectivity index (χ2n) is 10.2. The number of aliphatic hydroxyl groups is 2. The molecule has 1 aromatic carbocycles. The normalized spacial score (nSPS) is 19.9. The molecule has 188 valence electrons. The van der Waals surface area contributed by atoms with Crippen LogP contribution < -0.4 is 5.56 Å². The van der Waals surface area contributed by atoms with Gasteiger partial charge < -0.3 is 20.0 Å². The van der Waals surface area contributed by atoms with Gasteiger partial charge >= 0.3 is 0 Å². The summed E-state index contributed by atoms with van der Waals surface area (Å²) in [5, 5.41) is 25.3. The lowest BCUT2D eigenvalue weighted by atomic mass is 9.91. The molecule has 0 spiro atoms. The number of hydrogen-bond donors (Lipinski definition) is 2. The minimum atomic E-state index is -1.09. The van der Waals surface area contributed by atoms with Crippen molar-refractivity contribution in [3.05, 3.63) is 52.7 Å². The average molecular weight is 493 g/mol. The monoisotopic (exact) mass is 492 g/mol. The van der Waals surface area contributed by atoms with Crippen LogP contribution in [0.1, 0.15) is 36.0 Å². The summed E-state index contributed by atoms with van der Waals surface area (Å²) in [5.74, 6) is 0.161. The standard InChI is InChI=1S/C25H28N6O5/c32-19-12-29(13-19)23(34)17-2-1-3-18(10-17)31-21-20(11-27-31)24(35)30(15-26-21)14-25(36)6-8-28(9-7-25)22(33)16-4-5-16/h1-3,10-11,15-16,19,32,36H,4-9,12-14H2. The van der Waals surface area contributed by atoms with Crippen LogP contribution in [-0.4, -0.2) is 89.0 Å². The van der Waals surface area contributed by atoms with Crippen LogP contribution in [0.25, 0.3) is 16.7 Å². The molecule has 36 heavy (non-hydrogen) atoms. The van der Waals surface area contributed by atoms with Crippen LogP contribution in [0.2, 0.25) is 0 Å². The molecule has 3 aliphatic rings. The van der Waals surface area contributed by atoms with Gasteiger partial charge in [0, 0.05) is 37.7 Å². The van der Waals surface area contributed by atoms with Crippen molar-refractivity contribution in [2.75, 3.05) is 26.2 Å². The molecule has 0 unspecified atom stereocenters. The van der Waals surface area contributed by atoms with Crippen LogP contribution in [-0.2, 0) is 11.3 Å². The fraction of sp³-hybridized carbons (Fsp3) is 0.480. The van der Waals surface area contributed by atoms with Crippen LogP contribution in [0.4, 0.5) is 0 Å². The third kappa shape index (κ3) is 4.07. The van der Waals surface area contributed by atoms with Gasteiger partial charge in [0.25, 0.3) is 11.5 Å². The maximum Gasteiger partial charge on any atom is 0.264 e. The molecule has 3 fully saturated rings. The van der Waals surface area contributed by atoms with Crippen molar-refractivity contribution in [1.82, 2.24) is 29.1 Å². The van der Waals surface area contributed by atoms with E-state index < -0.39 is 11.7 Å². The summed E-state index contributed by atoms with van der Waals surface area (Å²) in [4.78, 5) is 46.0. The molecule has 0 bridgehead atoms. The number of hydrogen-bond acceptors (Lipinski definition) is 7. The maximum atomic E-state index is 13.2. The zero-order valence-electron chi connectivity index (χ0n) is 19.8. The molecular weight excluding hydrogens is 464 g/mol. The van der Waals surface area contributed by atoms with E-state index in [9.17, 15) is 24.6 Å². The molecule has 2 aliphatic heterocycles. The summed E-state index contributed by atoms with van der Waals surface area (Å²) < 4.78 is 2.92. The molecule has 11 heteroatoms. The number of carbonyl (C=O) groups is 2. The average Bonchev–Trinajstić information content (AvgIpc) is 3.62. The molecule has 3 aromatic rings. The number of aromatic nitrogens is 4. The Balaban J connectivity index is 1.21. The summed E-state index contributed by atoms with van der Waals surface area (Å²) in [7, 11) is 0. The minimum absolute atomic E-state index is 0.0943. The van der Waals surface area contributed by atoms with Gasteiger partial charge in [-0.2, -0.15) is 5.10 Å². The molecule has 11 nitrogen and oxygen atoms in total. The number of amides is 2. The number of fused-ring (bicyclic) bond motifs is 1. The van der Waals surface area contributed by atoms with Crippen molar-refractivity contribution < 1.29 is 19.8 Å². The topological polar surface area (TPSA) is 134 Å². The summed E-state index contributed by atoms with van der Waals surface area (Å²) in [5.41, 5.74) is 0.0160. The Labute approximate surface area is 206 Å². The molecule has 2 saturated heterocycles. The number of carbonyl (C=O) groups excluding carboxylic acids is 2. The van der Waals surface area contributed by atoms with E-state index in [1.807, 2.05) is 4.90 Å². The van der Waals surface area contributed by atoms with Gasteiger partial charge in [-0.3, -0.25) is 19.0 Å². The fourth-order valence-electron chi connectivity index (χ4n) is 5.03. The van der Waals surface area contributed by atoms with Gasteiger partial charge in [-0.15, -0.1) is 0 Å². The number of aliphatic hydroxyl groups excluding tert-OH is 1. The molecule has 4 heterocycles. The quantitative estimate of drug-likeness (QED) is 0.518. The molecule has 2 N–H and O–H groups in total. The van der Waals surface area contributed by atoms with E-state index in [2.05, 4.69) is 10.1 Å². The van der Waals surface area contributed by atoms with Crippen molar-refractivity contribution in [2.24, 2.45) is 5.92 Å². The number of β-amino-alcohol motifs (C(OH)–C–C–N with tert-alkyl or cyclic N) is 1. The van der Waals surface area contributed by atoms with Crippen molar-refractivity contribution in [2.45, 2.75) is 43.9 Å². The minimum Gasteiger partial charge on any atom is -0.389 e. The fourth-order valence-corrected chi connectivity index (χ4v) is 5.03. The molecule has 1 saturated carbocycles. The largest absolute Gasteiger partial charge is 0.389 e. The van der Waals surface area contributed by atoms with E-state index in [1.165, 1.54) is 21.8 Å². The van der Waals surface area contributed by atoms with E-state index in [-0.39, 0.29) is 29.8 Å². The highest BCUT2D eigenvalue weighted by Gasteiger charge is 2.39. The Morgan fingerprint density at radius 1 is 1.11 bits per heavy atom. The number of benzene rings is 1. The van der Waals surface area contributed by atoms with Gasteiger partial charge in [0.1, 0.15) is 11.7 Å². The van der Waals surface area contributed by atoms with Gasteiger partial charge in [0.2, 0.25) is 5.91 Å². The molecule has 2 aromatic heterocycles. The first-order chi connectivity index (χ1) is 17.3. The van der Waals surface area contributed by atoms with Crippen molar-refractivity contribution >= 4 is 22.8 Å². The lowest BCUT2D eigenvalue weighted by molar-refractivity contribution is -0.137. The summed E-state index contributed by atoms with van der Waals surface area (Å²) >= 11 is 0.